The van der Waals surface area contributed by atoms with Crippen LogP contribution in [0, 0.1) is 0 Å². The number of hydrogen-bond acceptors (Lipinski definition) is 2. The summed E-state index contributed by atoms with van der Waals surface area (Å²) in [5, 5.41) is 2.57. The van der Waals surface area contributed by atoms with Gasteiger partial charge in [0.05, 0.1) is 5.52 Å². The number of nitrogens with zero attached hydrogens (tertiary/aromatic N) is 1. The Labute approximate surface area is 183 Å². The molecule has 1 aliphatic rings. The lowest BCUT2D eigenvalue weighted by Gasteiger charge is -2.32. The molecule has 2 N–H and O–H groups in total. The minimum atomic E-state index is 0.00800. The van der Waals surface area contributed by atoms with Crippen molar-refractivity contribution in [2.45, 2.75) is 44.9 Å². The van der Waals surface area contributed by atoms with Gasteiger partial charge in [-0.05, 0) is 66.9 Å². The van der Waals surface area contributed by atoms with Crippen molar-refractivity contribution in [3.05, 3.63) is 81.8 Å². The molecule has 0 unspecified atom stereocenters. The summed E-state index contributed by atoms with van der Waals surface area (Å²) in [6.07, 6.45) is 5.50. The predicted molar refractivity (Wildman–Crippen MR) is 129 cm³/mol. The van der Waals surface area contributed by atoms with Crippen LogP contribution in [0.1, 0.15) is 55.2 Å². The van der Waals surface area contributed by atoms with E-state index in [1.807, 2.05) is 0 Å². The fraction of sp³-hybridized carbons (Fsp3) is 0.370. The first kappa shape index (κ1) is 20.1. The van der Waals surface area contributed by atoms with E-state index in [4.69, 9.17) is 0 Å². The summed E-state index contributed by atoms with van der Waals surface area (Å²) in [5.41, 5.74) is 6.11. The number of piperidine rings is 1. The van der Waals surface area contributed by atoms with Gasteiger partial charge in [-0.2, -0.15) is 0 Å². The third kappa shape index (κ3) is 3.92. The molecular formula is C27H31N3O. The summed E-state index contributed by atoms with van der Waals surface area (Å²) >= 11 is 0. The Balaban J connectivity index is 1.28. The average Bonchev–Trinajstić information content (AvgIpc) is 3.21. The molecule has 0 amide bonds. The second-order valence-electron chi connectivity index (χ2n) is 9.24. The van der Waals surface area contributed by atoms with Gasteiger partial charge in [0.15, 0.2) is 0 Å². The number of para-hydroxylation sites is 2. The van der Waals surface area contributed by atoms with E-state index in [0.29, 0.717) is 11.8 Å². The SMILES string of the molecule is CC(C)c1cccc2c(CCN3CCC(c4c[nH]c5ccccc45)CC3)cc(=O)[nH]c12. The molecule has 31 heavy (non-hydrogen) atoms. The smallest absolute Gasteiger partial charge is 0.248 e. The molecule has 3 heterocycles. The first-order chi connectivity index (χ1) is 15.1. The normalized spacial score (nSPS) is 16.0. The number of rotatable bonds is 5. The van der Waals surface area contributed by atoms with E-state index in [-0.39, 0.29) is 5.56 Å². The zero-order valence-corrected chi connectivity index (χ0v) is 18.4. The molecule has 2 aromatic heterocycles. The van der Waals surface area contributed by atoms with Crippen molar-refractivity contribution in [1.82, 2.24) is 14.9 Å². The van der Waals surface area contributed by atoms with E-state index in [0.717, 1.165) is 31.6 Å². The molecule has 2 aromatic carbocycles. The Bertz CT molecular complexity index is 1260. The van der Waals surface area contributed by atoms with E-state index in [2.05, 4.69) is 77.4 Å². The van der Waals surface area contributed by atoms with Crippen LogP contribution in [0.25, 0.3) is 21.8 Å². The first-order valence-corrected chi connectivity index (χ1v) is 11.5. The van der Waals surface area contributed by atoms with Crippen molar-refractivity contribution in [2.75, 3.05) is 19.6 Å². The van der Waals surface area contributed by atoms with Gasteiger partial charge in [-0.15, -0.1) is 0 Å². The minimum Gasteiger partial charge on any atom is -0.361 e. The lowest BCUT2D eigenvalue weighted by atomic mass is 9.89. The monoisotopic (exact) mass is 413 g/mol. The molecule has 4 aromatic rings. The van der Waals surface area contributed by atoms with Gasteiger partial charge in [0, 0.05) is 35.1 Å². The van der Waals surface area contributed by atoms with Crippen LogP contribution >= 0.6 is 0 Å². The van der Waals surface area contributed by atoms with E-state index >= 15 is 0 Å². The Kier molecular flexibility index (Phi) is 5.41. The quantitative estimate of drug-likeness (QED) is 0.450. The summed E-state index contributed by atoms with van der Waals surface area (Å²) in [5.74, 6) is 1.01. The van der Waals surface area contributed by atoms with Crippen molar-refractivity contribution < 1.29 is 0 Å². The molecule has 5 rings (SSSR count). The molecular weight excluding hydrogens is 382 g/mol. The van der Waals surface area contributed by atoms with Gasteiger partial charge in [0.1, 0.15) is 0 Å². The molecule has 1 saturated heterocycles. The molecule has 0 atom stereocenters. The molecule has 4 heteroatoms. The van der Waals surface area contributed by atoms with Crippen LogP contribution in [-0.4, -0.2) is 34.5 Å². The van der Waals surface area contributed by atoms with Crippen LogP contribution in [0.15, 0.2) is 59.5 Å². The van der Waals surface area contributed by atoms with Crippen LogP contribution in [0.4, 0.5) is 0 Å². The number of fused-ring (bicyclic) bond motifs is 2. The second kappa shape index (κ2) is 8.35. The molecule has 1 aliphatic heterocycles. The standard InChI is InChI=1S/C27H31N3O/c1-18(2)21-7-5-8-22-20(16-26(31)29-27(21)22)12-15-30-13-10-19(11-14-30)24-17-28-25-9-4-3-6-23(24)25/h3-9,16-19,28H,10-15H2,1-2H3,(H,29,31). The van der Waals surface area contributed by atoms with Gasteiger partial charge < -0.3 is 14.9 Å². The van der Waals surface area contributed by atoms with Crippen LogP contribution < -0.4 is 5.56 Å². The summed E-state index contributed by atoms with van der Waals surface area (Å²) in [6, 6.07) is 16.8. The lowest BCUT2D eigenvalue weighted by Crippen LogP contribution is -2.34. The second-order valence-corrected chi connectivity index (χ2v) is 9.24. The van der Waals surface area contributed by atoms with Crippen molar-refractivity contribution in [3.8, 4) is 0 Å². The lowest BCUT2D eigenvalue weighted by molar-refractivity contribution is 0.215. The van der Waals surface area contributed by atoms with Gasteiger partial charge in [0.25, 0.3) is 0 Å². The maximum absolute atomic E-state index is 12.3. The number of aromatic amines is 2. The van der Waals surface area contributed by atoms with Crippen LogP contribution in [-0.2, 0) is 6.42 Å². The maximum Gasteiger partial charge on any atom is 0.248 e. The van der Waals surface area contributed by atoms with Crippen molar-refractivity contribution in [3.63, 3.8) is 0 Å². The predicted octanol–water partition coefficient (Wildman–Crippen LogP) is 5.55. The van der Waals surface area contributed by atoms with Gasteiger partial charge in [-0.1, -0.05) is 50.2 Å². The van der Waals surface area contributed by atoms with Gasteiger partial charge in [-0.3, -0.25) is 4.79 Å². The Morgan fingerprint density at radius 2 is 1.81 bits per heavy atom. The fourth-order valence-electron chi connectivity index (χ4n) is 5.24. The number of likely N-dealkylation sites (tertiary alicyclic amines) is 1. The van der Waals surface area contributed by atoms with E-state index in [1.54, 1.807) is 6.07 Å². The molecule has 160 valence electrons. The molecule has 0 aliphatic carbocycles. The molecule has 0 radical (unpaired) electrons. The minimum absolute atomic E-state index is 0.00800. The van der Waals surface area contributed by atoms with Crippen LogP contribution in [0.2, 0.25) is 0 Å². The summed E-state index contributed by atoms with van der Waals surface area (Å²) < 4.78 is 0. The van der Waals surface area contributed by atoms with Crippen molar-refractivity contribution in [1.29, 1.82) is 0 Å². The molecule has 0 spiro atoms. The third-order valence-electron chi connectivity index (χ3n) is 6.96. The van der Waals surface area contributed by atoms with E-state index < -0.39 is 0 Å². The summed E-state index contributed by atoms with van der Waals surface area (Å²) in [6.45, 7) is 7.59. The average molecular weight is 414 g/mol. The number of nitrogens with one attached hydrogen (secondary N) is 2. The Hall–Kier alpha value is -2.85. The number of H-pyrrole nitrogens is 2. The zero-order valence-electron chi connectivity index (χ0n) is 18.4. The summed E-state index contributed by atoms with van der Waals surface area (Å²) in [7, 11) is 0. The highest BCUT2D eigenvalue weighted by molar-refractivity contribution is 5.85. The molecule has 1 fully saturated rings. The number of hydrogen-bond donors (Lipinski definition) is 2. The maximum atomic E-state index is 12.3. The van der Waals surface area contributed by atoms with Crippen LogP contribution in [0.5, 0.6) is 0 Å². The Morgan fingerprint density at radius 3 is 2.61 bits per heavy atom. The highest BCUT2D eigenvalue weighted by Crippen LogP contribution is 2.33. The zero-order chi connectivity index (χ0) is 21.4. The van der Waals surface area contributed by atoms with Crippen molar-refractivity contribution >= 4 is 21.8 Å². The highest BCUT2D eigenvalue weighted by atomic mass is 16.1. The van der Waals surface area contributed by atoms with Gasteiger partial charge in [-0.25, -0.2) is 0 Å². The van der Waals surface area contributed by atoms with E-state index in [1.165, 1.54) is 45.8 Å². The van der Waals surface area contributed by atoms with Gasteiger partial charge in [0.2, 0.25) is 5.56 Å². The number of benzene rings is 2. The number of aromatic nitrogens is 2. The van der Waals surface area contributed by atoms with Crippen molar-refractivity contribution in [2.24, 2.45) is 0 Å². The first-order valence-electron chi connectivity index (χ1n) is 11.5. The highest BCUT2D eigenvalue weighted by Gasteiger charge is 2.22. The largest absolute Gasteiger partial charge is 0.361 e. The molecule has 0 saturated carbocycles. The Morgan fingerprint density at radius 1 is 1.03 bits per heavy atom. The van der Waals surface area contributed by atoms with Crippen LogP contribution in [0.3, 0.4) is 0 Å². The van der Waals surface area contributed by atoms with E-state index in [9.17, 15) is 4.79 Å². The third-order valence-corrected chi connectivity index (χ3v) is 6.96. The number of pyridine rings is 1. The topological polar surface area (TPSA) is 51.9 Å². The summed E-state index contributed by atoms with van der Waals surface area (Å²) in [4.78, 5) is 21.4. The molecule has 0 bridgehead atoms. The van der Waals surface area contributed by atoms with Gasteiger partial charge >= 0.3 is 0 Å². The fourth-order valence-corrected chi connectivity index (χ4v) is 5.24. The molecule has 4 nitrogen and oxygen atoms in total.